The number of hydrogen-bond donors (Lipinski definition) is 0. The maximum Gasteiger partial charge on any atom is 0.308 e. The van der Waals surface area contributed by atoms with Crippen LogP contribution in [-0.4, -0.2) is 33.9 Å². The van der Waals surface area contributed by atoms with Crippen LogP contribution >= 0.6 is 0 Å². The minimum atomic E-state index is -3.40. The molecular formula is C17H24O5S. The van der Waals surface area contributed by atoms with Gasteiger partial charge >= 0.3 is 5.97 Å². The maximum absolute atomic E-state index is 12.3. The van der Waals surface area contributed by atoms with Gasteiger partial charge in [0.1, 0.15) is 5.75 Å². The summed E-state index contributed by atoms with van der Waals surface area (Å²) in [6.07, 6.45) is 2.24. The van der Waals surface area contributed by atoms with E-state index in [-0.39, 0.29) is 22.5 Å². The molecule has 0 heterocycles. The standard InChI is InChI=1S/C17H24O5S/c1-5-22-17(18)14(3)7-6-13(2)12-23(19,20)16-10-8-15(21-4)9-11-16/h6,8-11,14H,5,7,12H2,1-4H3/b13-6+. The molecule has 0 saturated heterocycles. The third kappa shape index (κ3) is 6.06. The van der Waals surface area contributed by atoms with Crippen LogP contribution in [0.2, 0.25) is 0 Å². The lowest BCUT2D eigenvalue weighted by Gasteiger charge is -2.09. The molecule has 1 rings (SSSR count). The van der Waals surface area contributed by atoms with E-state index >= 15 is 0 Å². The summed E-state index contributed by atoms with van der Waals surface area (Å²) in [4.78, 5) is 11.8. The van der Waals surface area contributed by atoms with Crippen molar-refractivity contribution in [1.82, 2.24) is 0 Å². The fraction of sp³-hybridized carbons (Fsp3) is 0.471. The molecular weight excluding hydrogens is 316 g/mol. The molecule has 1 unspecified atom stereocenters. The first-order chi connectivity index (χ1) is 10.8. The van der Waals surface area contributed by atoms with E-state index in [9.17, 15) is 13.2 Å². The summed E-state index contributed by atoms with van der Waals surface area (Å²) in [5.41, 5.74) is 0.706. The van der Waals surface area contributed by atoms with Gasteiger partial charge in [0.25, 0.3) is 0 Å². The third-order valence-corrected chi connectivity index (χ3v) is 5.17. The van der Waals surface area contributed by atoms with Crippen LogP contribution in [0.3, 0.4) is 0 Å². The lowest BCUT2D eigenvalue weighted by molar-refractivity contribution is -0.147. The highest BCUT2D eigenvalue weighted by molar-refractivity contribution is 7.91. The largest absolute Gasteiger partial charge is 0.497 e. The molecule has 1 aromatic carbocycles. The van der Waals surface area contributed by atoms with Crippen molar-refractivity contribution < 1.29 is 22.7 Å². The maximum atomic E-state index is 12.3. The Labute approximate surface area is 138 Å². The lowest BCUT2D eigenvalue weighted by Crippen LogP contribution is -2.14. The number of methoxy groups -OCH3 is 1. The zero-order valence-corrected chi connectivity index (χ0v) is 14.9. The van der Waals surface area contributed by atoms with Crippen molar-refractivity contribution in [2.45, 2.75) is 32.1 Å². The monoisotopic (exact) mass is 340 g/mol. The van der Waals surface area contributed by atoms with E-state index < -0.39 is 9.84 Å². The number of esters is 1. The van der Waals surface area contributed by atoms with Gasteiger partial charge in [-0.1, -0.05) is 18.6 Å². The Bertz CT molecular complexity index is 644. The van der Waals surface area contributed by atoms with Crippen LogP contribution in [0.1, 0.15) is 27.2 Å². The Morgan fingerprint density at radius 2 is 1.87 bits per heavy atom. The number of carbonyl (C=O) groups is 1. The van der Waals surface area contributed by atoms with Crippen LogP contribution in [0.25, 0.3) is 0 Å². The molecule has 1 atom stereocenters. The van der Waals surface area contributed by atoms with Crippen molar-refractivity contribution in [3.05, 3.63) is 35.9 Å². The van der Waals surface area contributed by atoms with Crippen LogP contribution < -0.4 is 4.74 Å². The van der Waals surface area contributed by atoms with Crippen LogP contribution in [0, 0.1) is 5.92 Å². The molecule has 0 radical (unpaired) electrons. The highest BCUT2D eigenvalue weighted by Crippen LogP contribution is 2.19. The molecule has 6 heteroatoms. The first-order valence-electron chi connectivity index (χ1n) is 7.49. The molecule has 0 aliphatic heterocycles. The van der Waals surface area contributed by atoms with Gasteiger partial charge in [-0.25, -0.2) is 8.42 Å². The van der Waals surface area contributed by atoms with Crippen molar-refractivity contribution in [2.75, 3.05) is 19.5 Å². The summed E-state index contributed by atoms with van der Waals surface area (Å²) in [6, 6.07) is 6.30. The van der Waals surface area contributed by atoms with Gasteiger partial charge in [0, 0.05) is 0 Å². The van der Waals surface area contributed by atoms with Crippen molar-refractivity contribution in [2.24, 2.45) is 5.92 Å². The topological polar surface area (TPSA) is 69.7 Å². The molecule has 5 nitrogen and oxygen atoms in total. The van der Waals surface area contributed by atoms with Crippen molar-refractivity contribution in [1.29, 1.82) is 0 Å². The molecule has 1 aromatic rings. The number of carbonyl (C=O) groups excluding carboxylic acids is 1. The van der Waals surface area contributed by atoms with E-state index in [4.69, 9.17) is 9.47 Å². The Kier molecular flexibility index (Phi) is 7.29. The first kappa shape index (κ1) is 19.2. The quantitative estimate of drug-likeness (QED) is 0.537. The minimum absolute atomic E-state index is 0.0745. The second-order valence-electron chi connectivity index (χ2n) is 5.37. The molecule has 0 aromatic heterocycles. The van der Waals surface area contributed by atoms with E-state index in [1.54, 1.807) is 39.0 Å². The van der Waals surface area contributed by atoms with Gasteiger partial charge in [0.05, 0.1) is 30.3 Å². The molecule has 0 N–H and O–H groups in total. The molecule has 0 bridgehead atoms. The smallest absolute Gasteiger partial charge is 0.308 e. The lowest BCUT2D eigenvalue weighted by atomic mass is 10.1. The number of sulfone groups is 1. The van der Waals surface area contributed by atoms with Gasteiger partial charge in [0.2, 0.25) is 0 Å². The second kappa shape index (κ2) is 8.72. The van der Waals surface area contributed by atoms with Gasteiger partial charge in [-0.05, 0) is 44.5 Å². The Balaban J connectivity index is 2.72. The summed E-state index contributed by atoms with van der Waals surface area (Å²) >= 11 is 0. The minimum Gasteiger partial charge on any atom is -0.497 e. The zero-order chi connectivity index (χ0) is 17.5. The van der Waals surface area contributed by atoms with Crippen molar-refractivity contribution >= 4 is 15.8 Å². The Morgan fingerprint density at radius 1 is 1.26 bits per heavy atom. The molecule has 0 aliphatic rings. The fourth-order valence-corrected chi connectivity index (χ4v) is 3.42. The molecule has 0 spiro atoms. The number of ether oxygens (including phenoxy) is 2. The third-order valence-electron chi connectivity index (χ3n) is 3.35. The molecule has 23 heavy (non-hydrogen) atoms. The first-order valence-corrected chi connectivity index (χ1v) is 9.14. The van der Waals surface area contributed by atoms with Crippen LogP contribution in [-0.2, 0) is 19.4 Å². The van der Waals surface area contributed by atoms with E-state index in [0.717, 1.165) is 0 Å². The fourth-order valence-electron chi connectivity index (χ4n) is 1.98. The Hall–Kier alpha value is -1.82. The van der Waals surface area contributed by atoms with Crippen LogP contribution in [0.15, 0.2) is 40.8 Å². The predicted molar refractivity (Wildman–Crippen MR) is 89.2 cm³/mol. The molecule has 0 fully saturated rings. The number of rotatable bonds is 8. The summed E-state index contributed by atoms with van der Waals surface area (Å²) in [5, 5.41) is 0. The van der Waals surface area contributed by atoms with E-state index in [0.29, 0.717) is 24.4 Å². The predicted octanol–water partition coefficient (Wildman–Crippen LogP) is 3.00. The second-order valence-corrected chi connectivity index (χ2v) is 7.36. The highest BCUT2D eigenvalue weighted by atomic mass is 32.2. The summed E-state index contributed by atoms with van der Waals surface area (Å²) in [5.74, 6) is -0.0165. The van der Waals surface area contributed by atoms with Gasteiger partial charge in [-0.15, -0.1) is 0 Å². The van der Waals surface area contributed by atoms with Crippen molar-refractivity contribution in [3.63, 3.8) is 0 Å². The zero-order valence-electron chi connectivity index (χ0n) is 14.0. The van der Waals surface area contributed by atoms with Gasteiger partial charge < -0.3 is 9.47 Å². The summed E-state index contributed by atoms with van der Waals surface area (Å²) < 4.78 is 34.6. The SMILES string of the molecule is CCOC(=O)C(C)C/C=C(\C)CS(=O)(=O)c1ccc(OC)cc1. The number of hydrogen-bond acceptors (Lipinski definition) is 5. The van der Waals surface area contributed by atoms with Crippen LogP contribution in [0.4, 0.5) is 0 Å². The normalized spacial score (nSPS) is 13.5. The van der Waals surface area contributed by atoms with E-state index in [1.807, 2.05) is 0 Å². The number of allylic oxidation sites excluding steroid dienone is 1. The average molecular weight is 340 g/mol. The van der Waals surface area contributed by atoms with E-state index in [1.165, 1.54) is 19.2 Å². The molecule has 0 amide bonds. The van der Waals surface area contributed by atoms with Gasteiger partial charge in [-0.3, -0.25) is 4.79 Å². The Morgan fingerprint density at radius 3 is 2.39 bits per heavy atom. The average Bonchev–Trinajstić information content (AvgIpc) is 2.52. The molecule has 0 saturated carbocycles. The van der Waals surface area contributed by atoms with Crippen LogP contribution in [0.5, 0.6) is 5.75 Å². The number of benzene rings is 1. The summed E-state index contributed by atoms with van der Waals surface area (Å²) in [6.45, 7) is 5.61. The molecule has 128 valence electrons. The molecule has 0 aliphatic carbocycles. The summed E-state index contributed by atoms with van der Waals surface area (Å²) in [7, 11) is -1.87. The van der Waals surface area contributed by atoms with E-state index in [2.05, 4.69) is 0 Å². The van der Waals surface area contributed by atoms with Crippen molar-refractivity contribution in [3.8, 4) is 5.75 Å². The van der Waals surface area contributed by atoms with Gasteiger partial charge in [-0.2, -0.15) is 0 Å². The highest BCUT2D eigenvalue weighted by Gasteiger charge is 2.16. The van der Waals surface area contributed by atoms with Gasteiger partial charge in [0.15, 0.2) is 9.84 Å².